The van der Waals surface area contributed by atoms with E-state index in [1.54, 1.807) is 48.2 Å². The van der Waals surface area contributed by atoms with Gasteiger partial charge in [0.2, 0.25) is 0 Å². The fraction of sp³-hybridized carbons (Fsp3) is 0.318. The van der Waals surface area contributed by atoms with Crippen LogP contribution in [0.15, 0.2) is 53.4 Å². The van der Waals surface area contributed by atoms with Crippen molar-refractivity contribution >= 4 is 29.3 Å². The summed E-state index contributed by atoms with van der Waals surface area (Å²) < 4.78 is 10.8. The summed E-state index contributed by atoms with van der Waals surface area (Å²) in [6.45, 7) is 0.425. The highest BCUT2D eigenvalue weighted by molar-refractivity contribution is 7.99. The Balaban J connectivity index is 1.50. The topological polar surface area (TPSA) is 88.4 Å². The summed E-state index contributed by atoms with van der Waals surface area (Å²) in [4.78, 5) is 25.4. The molecule has 1 heterocycles. The van der Waals surface area contributed by atoms with Crippen molar-refractivity contribution in [1.82, 2.24) is 0 Å². The summed E-state index contributed by atoms with van der Waals surface area (Å²) in [7, 11) is 0. The SMILES string of the molecule is N#CCc1ccc(NC(=O)COC(=O)c2ccccc2SC[C@@H]2CCCO2)cc1. The predicted octanol–water partition coefficient (Wildman–Crippen LogP) is 3.82. The van der Waals surface area contributed by atoms with Crippen LogP contribution in [0, 0.1) is 11.3 Å². The monoisotopic (exact) mass is 410 g/mol. The number of nitriles is 1. The zero-order chi connectivity index (χ0) is 20.5. The molecular formula is C22H22N2O4S. The molecule has 0 saturated carbocycles. The molecular weight excluding hydrogens is 388 g/mol. The number of amides is 1. The number of hydrogen-bond donors (Lipinski definition) is 1. The van der Waals surface area contributed by atoms with Gasteiger partial charge < -0.3 is 14.8 Å². The number of carbonyl (C=O) groups is 2. The van der Waals surface area contributed by atoms with E-state index in [0.717, 1.165) is 35.7 Å². The second kappa shape index (κ2) is 10.6. The van der Waals surface area contributed by atoms with Crippen molar-refractivity contribution in [2.75, 3.05) is 24.3 Å². The summed E-state index contributed by atoms with van der Waals surface area (Å²) in [6, 6.07) is 16.3. The van der Waals surface area contributed by atoms with Gasteiger partial charge in [0, 0.05) is 22.9 Å². The smallest absolute Gasteiger partial charge is 0.339 e. The first-order valence-electron chi connectivity index (χ1n) is 9.42. The Morgan fingerprint density at radius 2 is 2.00 bits per heavy atom. The van der Waals surface area contributed by atoms with Gasteiger partial charge in [-0.25, -0.2) is 4.79 Å². The normalized spacial score (nSPS) is 15.5. The molecule has 1 atom stereocenters. The van der Waals surface area contributed by atoms with Crippen LogP contribution in [-0.2, 0) is 20.7 Å². The molecule has 2 aromatic rings. The third-order valence-electron chi connectivity index (χ3n) is 4.41. The number of nitrogens with zero attached hydrogens (tertiary/aromatic N) is 1. The number of rotatable bonds is 8. The largest absolute Gasteiger partial charge is 0.452 e. The van der Waals surface area contributed by atoms with Gasteiger partial charge in [-0.15, -0.1) is 11.8 Å². The molecule has 1 aliphatic rings. The summed E-state index contributed by atoms with van der Waals surface area (Å²) >= 11 is 1.57. The fourth-order valence-electron chi connectivity index (χ4n) is 2.92. The molecule has 1 aliphatic heterocycles. The summed E-state index contributed by atoms with van der Waals surface area (Å²) in [5.41, 5.74) is 1.90. The lowest BCUT2D eigenvalue weighted by Gasteiger charge is -2.12. The van der Waals surface area contributed by atoms with E-state index >= 15 is 0 Å². The zero-order valence-corrected chi connectivity index (χ0v) is 16.7. The second-order valence-electron chi connectivity index (χ2n) is 6.60. The van der Waals surface area contributed by atoms with Gasteiger partial charge >= 0.3 is 5.97 Å². The van der Waals surface area contributed by atoms with E-state index in [1.165, 1.54) is 0 Å². The third-order valence-corrected chi connectivity index (χ3v) is 5.62. The Bertz CT molecular complexity index is 886. The standard InChI is InChI=1S/C22H22N2O4S/c23-12-11-16-7-9-17(10-8-16)24-21(25)14-28-22(26)19-5-1-2-6-20(19)29-15-18-4-3-13-27-18/h1-2,5-10,18H,3-4,11,13-15H2,(H,24,25)/t18-/m0/s1. The Hall–Kier alpha value is -2.82. The van der Waals surface area contributed by atoms with Gasteiger partial charge in [0.05, 0.1) is 24.2 Å². The number of ether oxygens (including phenoxy) is 2. The zero-order valence-electron chi connectivity index (χ0n) is 15.9. The molecule has 1 fully saturated rings. The van der Waals surface area contributed by atoms with Crippen molar-refractivity contribution in [3.05, 3.63) is 59.7 Å². The van der Waals surface area contributed by atoms with Crippen molar-refractivity contribution in [1.29, 1.82) is 5.26 Å². The molecule has 0 aromatic heterocycles. The molecule has 0 radical (unpaired) electrons. The molecule has 29 heavy (non-hydrogen) atoms. The van der Waals surface area contributed by atoms with Crippen LogP contribution >= 0.6 is 11.8 Å². The summed E-state index contributed by atoms with van der Waals surface area (Å²) in [5.74, 6) is -0.164. The van der Waals surface area contributed by atoms with Crippen molar-refractivity contribution < 1.29 is 19.1 Å². The minimum atomic E-state index is -0.528. The minimum Gasteiger partial charge on any atom is -0.452 e. The molecule has 1 saturated heterocycles. The van der Waals surface area contributed by atoms with Crippen LogP contribution in [0.2, 0.25) is 0 Å². The second-order valence-corrected chi connectivity index (χ2v) is 7.66. The number of esters is 1. The fourth-order valence-corrected chi connectivity index (χ4v) is 4.03. The van der Waals surface area contributed by atoms with Crippen LogP contribution in [0.25, 0.3) is 0 Å². The van der Waals surface area contributed by atoms with Crippen LogP contribution in [0.4, 0.5) is 5.69 Å². The van der Waals surface area contributed by atoms with E-state index < -0.39 is 11.9 Å². The predicted molar refractivity (Wildman–Crippen MR) is 111 cm³/mol. The molecule has 2 aromatic carbocycles. The lowest BCUT2D eigenvalue weighted by atomic mass is 10.1. The van der Waals surface area contributed by atoms with E-state index in [2.05, 4.69) is 11.4 Å². The van der Waals surface area contributed by atoms with E-state index in [1.807, 2.05) is 12.1 Å². The van der Waals surface area contributed by atoms with Crippen LogP contribution < -0.4 is 5.32 Å². The van der Waals surface area contributed by atoms with Crippen molar-refractivity contribution in [3.63, 3.8) is 0 Å². The number of hydrogen-bond acceptors (Lipinski definition) is 6. The Morgan fingerprint density at radius 3 is 2.72 bits per heavy atom. The van der Waals surface area contributed by atoms with Crippen molar-refractivity contribution in [2.24, 2.45) is 0 Å². The number of carbonyl (C=O) groups excluding carboxylic acids is 2. The molecule has 0 spiro atoms. The van der Waals surface area contributed by atoms with Gasteiger partial charge in [-0.2, -0.15) is 5.26 Å². The highest BCUT2D eigenvalue weighted by Crippen LogP contribution is 2.27. The van der Waals surface area contributed by atoms with Gasteiger partial charge in [-0.05, 0) is 42.7 Å². The van der Waals surface area contributed by atoms with E-state index in [9.17, 15) is 9.59 Å². The first-order chi connectivity index (χ1) is 14.2. The first kappa shape index (κ1) is 20.9. The Kier molecular flexibility index (Phi) is 7.68. The van der Waals surface area contributed by atoms with Crippen LogP contribution in [0.5, 0.6) is 0 Å². The maximum absolute atomic E-state index is 12.5. The number of benzene rings is 2. The van der Waals surface area contributed by atoms with Crippen LogP contribution in [-0.4, -0.2) is 36.9 Å². The summed E-state index contributed by atoms with van der Waals surface area (Å²) in [6.07, 6.45) is 2.65. The molecule has 0 bridgehead atoms. The third kappa shape index (κ3) is 6.34. The minimum absolute atomic E-state index is 0.217. The maximum Gasteiger partial charge on any atom is 0.339 e. The van der Waals surface area contributed by atoms with Crippen molar-refractivity contribution in [2.45, 2.75) is 30.3 Å². The molecule has 150 valence electrons. The lowest BCUT2D eigenvalue weighted by molar-refractivity contribution is -0.119. The van der Waals surface area contributed by atoms with Crippen molar-refractivity contribution in [3.8, 4) is 6.07 Å². The Labute approximate surface area is 174 Å². The molecule has 6 nitrogen and oxygen atoms in total. The molecule has 1 amide bonds. The van der Waals surface area contributed by atoms with Gasteiger partial charge in [0.25, 0.3) is 5.91 Å². The first-order valence-corrected chi connectivity index (χ1v) is 10.4. The Morgan fingerprint density at radius 1 is 1.21 bits per heavy atom. The highest BCUT2D eigenvalue weighted by atomic mass is 32.2. The average Bonchev–Trinajstić information content (AvgIpc) is 3.26. The molecule has 7 heteroatoms. The van der Waals surface area contributed by atoms with Gasteiger partial charge in [-0.3, -0.25) is 4.79 Å². The lowest BCUT2D eigenvalue weighted by Crippen LogP contribution is -2.21. The summed E-state index contributed by atoms with van der Waals surface area (Å²) in [5, 5.41) is 11.4. The van der Waals surface area contributed by atoms with E-state index in [-0.39, 0.29) is 12.7 Å². The van der Waals surface area contributed by atoms with Gasteiger partial charge in [-0.1, -0.05) is 24.3 Å². The van der Waals surface area contributed by atoms with Gasteiger partial charge in [0.1, 0.15) is 0 Å². The van der Waals surface area contributed by atoms with E-state index in [0.29, 0.717) is 17.7 Å². The quantitative estimate of drug-likeness (QED) is 0.526. The van der Waals surface area contributed by atoms with Crippen LogP contribution in [0.1, 0.15) is 28.8 Å². The average molecular weight is 410 g/mol. The number of thioether (sulfide) groups is 1. The molecule has 0 aliphatic carbocycles. The van der Waals surface area contributed by atoms with E-state index in [4.69, 9.17) is 14.7 Å². The number of anilines is 1. The maximum atomic E-state index is 12.5. The number of nitrogens with one attached hydrogen (secondary N) is 1. The van der Waals surface area contributed by atoms with Crippen LogP contribution in [0.3, 0.4) is 0 Å². The molecule has 1 N–H and O–H groups in total. The highest BCUT2D eigenvalue weighted by Gasteiger charge is 2.19. The molecule has 3 rings (SSSR count). The van der Waals surface area contributed by atoms with Gasteiger partial charge in [0.15, 0.2) is 6.61 Å². The molecule has 0 unspecified atom stereocenters.